The molecule has 3 rings (SSSR count). The molecule has 0 amide bonds. The van der Waals surface area contributed by atoms with Gasteiger partial charge in [-0.3, -0.25) is 5.10 Å². The fourth-order valence-corrected chi connectivity index (χ4v) is 2.91. The number of hydrogen-bond acceptors (Lipinski definition) is 2. The summed E-state index contributed by atoms with van der Waals surface area (Å²) in [5, 5.41) is 7.08. The van der Waals surface area contributed by atoms with E-state index in [0.29, 0.717) is 11.2 Å². The highest BCUT2D eigenvalue weighted by Crippen LogP contribution is 2.64. The van der Waals surface area contributed by atoms with Crippen LogP contribution in [-0.4, -0.2) is 10.2 Å². The van der Waals surface area contributed by atoms with Crippen LogP contribution in [0.15, 0.2) is 6.07 Å². The second-order valence-corrected chi connectivity index (χ2v) is 4.56. The molecule has 1 unspecified atom stereocenters. The van der Waals surface area contributed by atoms with E-state index in [1.54, 1.807) is 0 Å². The summed E-state index contributed by atoms with van der Waals surface area (Å²) in [6.45, 7) is 0. The minimum Gasteiger partial charge on any atom is -0.382 e. The van der Waals surface area contributed by atoms with Crippen molar-refractivity contribution < 1.29 is 0 Å². The third kappa shape index (κ3) is 0.992. The standard InChI is InChI=1S/C10H15N3/c11-9-6-8(12-13-9)7-2-1-3-10(7)4-5-10/h6-7H,1-5H2,(H3,11,12,13). The molecule has 0 radical (unpaired) electrons. The van der Waals surface area contributed by atoms with Gasteiger partial charge in [0.05, 0.1) is 0 Å². The Labute approximate surface area is 77.7 Å². The van der Waals surface area contributed by atoms with Gasteiger partial charge in [0, 0.05) is 17.7 Å². The van der Waals surface area contributed by atoms with Gasteiger partial charge in [0.1, 0.15) is 5.82 Å². The van der Waals surface area contributed by atoms with Crippen LogP contribution in [0.3, 0.4) is 0 Å². The van der Waals surface area contributed by atoms with E-state index in [1.165, 1.54) is 37.8 Å². The molecule has 2 saturated carbocycles. The fourth-order valence-electron chi connectivity index (χ4n) is 2.91. The molecule has 1 atom stereocenters. The van der Waals surface area contributed by atoms with Crippen LogP contribution in [0, 0.1) is 5.41 Å². The van der Waals surface area contributed by atoms with E-state index in [1.807, 2.05) is 6.07 Å². The Morgan fingerprint density at radius 2 is 2.31 bits per heavy atom. The molecule has 2 aliphatic rings. The van der Waals surface area contributed by atoms with Crippen LogP contribution in [0.1, 0.15) is 43.7 Å². The molecule has 1 aromatic rings. The predicted octanol–water partition coefficient (Wildman–Crippen LogP) is 2.04. The van der Waals surface area contributed by atoms with Crippen molar-refractivity contribution in [3.63, 3.8) is 0 Å². The van der Waals surface area contributed by atoms with E-state index >= 15 is 0 Å². The quantitative estimate of drug-likeness (QED) is 0.689. The normalized spacial score (nSPS) is 29.7. The molecule has 2 aliphatic carbocycles. The van der Waals surface area contributed by atoms with Gasteiger partial charge in [0.15, 0.2) is 0 Å². The number of nitrogens with one attached hydrogen (secondary N) is 1. The van der Waals surface area contributed by atoms with Crippen molar-refractivity contribution in [3.8, 4) is 0 Å². The number of aromatic amines is 1. The maximum Gasteiger partial charge on any atom is 0.145 e. The van der Waals surface area contributed by atoms with Crippen molar-refractivity contribution in [1.29, 1.82) is 0 Å². The van der Waals surface area contributed by atoms with Gasteiger partial charge in [-0.25, -0.2) is 0 Å². The third-order valence-electron chi connectivity index (χ3n) is 3.79. The molecule has 0 aliphatic heterocycles. The first-order chi connectivity index (χ1) is 6.30. The summed E-state index contributed by atoms with van der Waals surface area (Å²) in [6.07, 6.45) is 6.94. The van der Waals surface area contributed by atoms with Gasteiger partial charge >= 0.3 is 0 Å². The zero-order chi connectivity index (χ0) is 8.89. The van der Waals surface area contributed by atoms with Gasteiger partial charge in [0.2, 0.25) is 0 Å². The van der Waals surface area contributed by atoms with Crippen LogP contribution >= 0.6 is 0 Å². The first kappa shape index (κ1) is 7.42. The highest BCUT2D eigenvalue weighted by Gasteiger charge is 2.52. The van der Waals surface area contributed by atoms with Crippen LogP contribution in [0.5, 0.6) is 0 Å². The van der Waals surface area contributed by atoms with Crippen LogP contribution in [0.4, 0.5) is 5.82 Å². The summed E-state index contributed by atoms with van der Waals surface area (Å²) in [5.74, 6) is 1.36. The van der Waals surface area contributed by atoms with Crippen LogP contribution in [-0.2, 0) is 0 Å². The minimum atomic E-state index is 0.637. The van der Waals surface area contributed by atoms with Crippen molar-refractivity contribution in [2.45, 2.75) is 38.0 Å². The van der Waals surface area contributed by atoms with Crippen LogP contribution < -0.4 is 5.73 Å². The fraction of sp³-hybridized carbons (Fsp3) is 0.700. The number of H-pyrrole nitrogens is 1. The molecular formula is C10H15N3. The van der Waals surface area contributed by atoms with E-state index in [9.17, 15) is 0 Å². The number of nitrogen functional groups attached to an aromatic ring is 1. The van der Waals surface area contributed by atoms with Gasteiger partial charge in [-0.1, -0.05) is 6.42 Å². The smallest absolute Gasteiger partial charge is 0.145 e. The zero-order valence-electron chi connectivity index (χ0n) is 7.71. The topological polar surface area (TPSA) is 54.7 Å². The van der Waals surface area contributed by atoms with E-state index < -0.39 is 0 Å². The summed E-state index contributed by atoms with van der Waals surface area (Å²) >= 11 is 0. The van der Waals surface area contributed by atoms with Crippen LogP contribution in [0.25, 0.3) is 0 Å². The molecule has 1 heterocycles. The number of rotatable bonds is 1. The molecule has 0 bridgehead atoms. The van der Waals surface area contributed by atoms with Gasteiger partial charge in [-0.05, 0) is 31.1 Å². The van der Waals surface area contributed by atoms with Crippen molar-refractivity contribution in [1.82, 2.24) is 10.2 Å². The lowest BCUT2D eigenvalue weighted by atomic mass is 9.90. The molecule has 0 aromatic carbocycles. The summed E-state index contributed by atoms with van der Waals surface area (Å²) in [7, 11) is 0. The molecule has 1 spiro atoms. The second-order valence-electron chi connectivity index (χ2n) is 4.56. The van der Waals surface area contributed by atoms with Crippen molar-refractivity contribution >= 4 is 5.82 Å². The Balaban J connectivity index is 1.92. The molecule has 0 saturated heterocycles. The van der Waals surface area contributed by atoms with Crippen molar-refractivity contribution in [3.05, 3.63) is 11.8 Å². The van der Waals surface area contributed by atoms with E-state index in [4.69, 9.17) is 5.73 Å². The number of nitrogens with zero attached hydrogens (tertiary/aromatic N) is 1. The lowest BCUT2D eigenvalue weighted by molar-refractivity contribution is 0.456. The van der Waals surface area contributed by atoms with Gasteiger partial charge in [-0.15, -0.1) is 0 Å². The first-order valence-corrected chi connectivity index (χ1v) is 5.11. The Kier molecular flexibility index (Phi) is 1.30. The highest BCUT2D eigenvalue weighted by atomic mass is 15.2. The van der Waals surface area contributed by atoms with E-state index in [-0.39, 0.29) is 0 Å². The Bertz CT molecular complexity index is 325. The average molecular weight is 177 g/mol. The highest BCUT2D eigenvalue weighted by molar-refractivity contribution is 5.32. The molecule has 70 valence electrons. The first-order valence-electron chi connectivity index (χ1n) is 5.11. The Morgan fingerprint density at radius 3 is 2.92 bits per heavy atom. The maximum absolute atomic E-state index is 5.61. The largest absolute Gasteiger partial charge is 0.382 e. The summed E-state index contributed by atoms with van der Waals surface area (Å²) < 4.78 is 0. The lowest BCUT2D eigenvalue weighted by Crippen LogP contribution is -2.06. The molecule has 3 nitrogen and oxygen atoms in total. The van der Waals surface area contributed by atoms with E-state index in [2.05, 4.69) is 10.2 Å². The average Bonchev–Trinajstić information content (AvgIpc) is 2.55. The predicted molar refractivity (Wildman–Crippen MR) is 51.3 cm³/mol. The van der Waals surface area contributed by atoms with Crippen LogP contribution in [0.2, 0.25) is 0 Å². The maximum atomic E-state index is 5.61. The Hall–Kier alpha value is -0.990. The molecule has 3 heteroatoms. The van der Waals surface area contributed by atoms with Gasteiger partial charge in [0.25, 0.3) is 0 Å². The van der Waals surface area contributed by atoms with Gasteiger partial charge < -0.3 is 5.73 Å². The summed E-state index contributed by atoms with van der Waals surface area (Å²) in [5.41, 5.74) is 7.54. The second kappa shape index (κ2) is 2.28. The molecule has 13 heavy (non-hydrogen) atoms. The van der Waals surface area contributed by atoms with Crippen molar-refractivity contribution in [2.24, 2.45) is 5.41 Å². The third-order valence-corrected chi connectivity index (χ3v) is 3.79. The number of hydrogen-bond donors (Lipinski definition) is 2. The van der Waals surface area contributed by atoms with Gasteiger partial charge in [-0.2, -0.15) is 5.10 Å². The molecule has 1 aromatic heterocycles. The lowest BCUT2D eigenvalue weighted by Gasteiger charge is -2.15. The zero-order valence-corrected chi connectivity index (χ0v) is 7.71. The molecule has 2 fully saturated rings. The number of aromatic nitrogens is 2. The molecule has 3 N–H and O–H groups in total. The summed E-state index contributed by atoms with van der Waals surface area (Å²) in [6, 6.07) is 2.01. The summed E-state index contributed by atoms with van der Waals surface area (Å²) in [4.78, 5) is 0. The monoisotopic (exact) mass is 177 g/mol. The number of nitrogens with two attached hydrogens (primary N) is 1. The molecular weight excluding hydrogens is 162 g/mol. The SMILES string of the molecule is Nc1cc(C2CCCC23CC3)[nH]n1. The van der Waals surface area contributed by atoms with Crippen molar-refractivity contribution in [2.75, 3.05) is 5.73 Å². The minimum absolute atomic E-state index is 0.637. The Morgan fingerprint density at radius 1 is 1.46 bits per heavy atom. The van der Waals surface area contributed by atoms with E-state index in [0.717, 1.165) is 5.92 Å². The number of anilines is 1.